The maximum Gasteiger partial charge on any atom is 0.0687 e. The molecule has 2 rings (SSSR count). The summed E-state index contributed by atoms with van der Waals surface area (Å²) in [6.07, 6.45) is -0.277. The molecule has 3 nitrogen and oxygen atoms in total. The van der Waals surface area contributed by atoms with Crippen molar-refractivity contribution in [3.63, 3.8) is 0 Å². The number of hydrogen-bond acceptors (Lipinski definition) is 3. The molecule has 76 valence electrons. The molecule has 1 aromatic carbocycles. The number of hydrogen-bond donors (Lipinski definition) is 2. The average molecular weight is 192 g/mol. The summed E-state index contributed by atoms with van der Waals surface area (Å²) in [7, 11) is 0. The molecule has 1 aliphatic heterocycles. The Labute approximate surface area is 84.4 Å². The highest BCUT2D eigenvalue weighted by atomic mass is 16.3. The van der Waals surface area contributed by atoms with E-state index in [4.69, 9.17) is 0 Å². The highest BCUT2D eigenvalue weighted by Gasteiger charge is 2.16. The third-order valence-electron chi connectivity index (χ3n) is 2.43. The number of nitrogens with one attached hydrogen (secondary N) is 1. The monoisotopic (exact) mass is 192 g/mol. The topological polar surface area (TPSA) is 35.5 Å². The fraction of sp³-hybridized carbons (Fsp3) is 0.455. The Bertz CT molecular complexity index is 312. The van der Waals surface area contributed by atoms with Crippen molar-refractivity contribution in [3.05, 3.63) is 24.3 Å². The van der Waals surface area contributed by atoms with Crippen LogP contribution in [0.4, 0.5) is 11.4 Å². The molecule has 2 N–H and O–H groups in total. The molecule has 1 atom stereocenters. The van der Waals surface area contributed by atoms with Gasteiger partial charge in [-0.3, -0.25) is 0 Å². The molecule has 0 aliphatic carbocycles. The van der Waals surface area contributed by atoms with Crippen LogP contribution in [0.1, 0.15) is 6.92 Å². The van der Waals surface area contributed by atoms with E-state index in [-0.39, 0.29) is 6.10 Å². The first-order valence-corrected chi connectivity index (χ1v) is 5.03. The Morgan fingerprint density at radius 1 is 1.50 bits per heavy atom. The van der Waals surface area contributed by atoms with Crippen molar-refractivity contribution in [2.45, 2.75) is 13.0 Å². The molecule has 0 unspecified atom stereocenters. The molecule has 1 heterocycles. The second-order valence-electron chi connectivity index (χ2n) is 3.74. The molecule has 3 heteroatoms. The van der Waals surface area contributed by atoms with Crippen LogP contribution in [-0.4, -0.2) is 30.8 Å². The summed E-state index contributed by atoms with van der Waals surface area (Å²) in [5.41, 5.74) is 2.36. The van der Waals surface area contributed by atoms with Crippen LogP contribution in [-0.2, 0) is 0 Å². The van der Waals surface area contributed by atoms with Crippen LogP contribution in [0.3, 0.4) is 0 Å². The predicted molar refractivity (Wildman–Crippen MR) is 58.8 cm³/mol. The minimum Gasteiger partial charge on any atom is -0.392 e. The summed E-state index contributed by atoms with van der Waals surface area (Å²) >= 11 is 0. The van der Waals surface area contributed by atoms with Crippen LogP contribution in [0.2, 0.25) is 0 Å². The lowest BCUT2D eigenvalue weighted by atomic mass is 10.2. The number of rotatable bonds is 2. The molecule has 0 fully saturated rings. The van der Waals surface area contributed by atoms with Crippen LogP contribution in [0.5, 0.6) is 0 Å². The van der Waals surface area contributed by atoms with Crippen molar-refractivity contribution < 1.29 is 5.11 Å². The zero-order valence-corrected chi connectivity index (χ0v) is 8.40. The van der Waals surface area contributed by atoms with E-state index in [1.54, 1.807) is 0 Å². The van der Waals surface area contributed by atoms with E-state index in [9.17, 15) is 5.11 Å². The van der Waals surface area contributed by atoms with Crippen LogP contribution in [0, 0.1) is 0 Å². The minimum atomic E-state index is -0.277. The molecule has 0 saturated heterocycles. The quantitative estimate of drug-likeness (QED) is 0.741. The van der Waals surface area contributed by atoms with E-state index in [0.717, 1.165) is 13.1 Å². The number of β-amino-alcohol motifs (C(OH)–C–C–N with tert-alkyl or cyclic N) is 1. The third kappa shape index (κ3) is 1.82. The lowest BCUT2D eigenvalue weighted by molar-refractivity contribution is 0.200. The lowest BCUT2D eigenvalue weighted by Gasteiger charge is -2.32. The van der Waals surface area contributed by atoms with Crippen molar-refractivity contribution in [2.24, 2.45) is 0 Å². The summed E-state index contributed by atoms with van der Waals surface area (Å²) < 4.78 is 0. The highest BCUT2D eigenvalue weighted by Crippen LogP contribution is 2.28. The highest BCUT2D eigenvalue weighted by molar-refractivity contribution is 5.71. The standard InChI is InChI=1S/C11H16N2O/c1-9(14)8-13-7-6-12-10-4-2-3-5-11(10)13/h2-5,9,12,14H,6-8H2,1H3/t9-/m1/s1. The first-order valence-electron chi connectivity index (χ1n) is 5.03. The van der Waals surface area contributed by atoms with E-state index in [0.29, 0.717) is 6.54 Å². The molecule has 0 aromatic heterocycles. The van der Waals surface area contributed by atoms with Gasteiger partial charge >= 0.3 is 0 Å². The van der Waals surface area contributed by atoms with E-state index in [1.807, 2.05) is 19.1 Å². The van der Waals surface area contributed by atoms with Crippen LogP contribution >= 0.6 is 0 Å². The smallest absolute Gasteiger partial charge is 0.0687 e. The second kappa shape index (κ2) is 3.88. The molecule has 1 aromatic rings. The Balaban J connectivity index is 2.22. The maximum atomic E-state index is 9.37. The predicted octanol–water partition coefficient (Wildman–Crippen LogP) is 1.30. The minimum absolute atomic E-state index is 0.277. The molecule has 14 heavy (non-hydrogen) atoms. The van der Waals surface area contributed by atoms with Gasteiger partial charge in [-0.2, -0.15) is 0 Å². The molecular formula is C11H16N2O. The Morgan fingerprint density at radius 3 is 3.07 bits per heavy atom. The molecule has 0 bridgehead atoms. The normalized spacial score (nSPS) is 17.1. The summed E-state index contributed by atoms with van der Waals surface area (Å²) in [6, 6.07) is 8.21. The fourth-order valence-corrected chi connectivity index (χ4v) is 1.85. The summed E-state index contributed by atoms with van der Waals surface area (Å²) in [4.78, 5) is 2.22. The number of nitrogens with zero attached hydrogens (tertiary/aromatic N) is 1. The molecule has 0 radical (unpaired) electrons. The number of fused-ring (bicyclic) bond motifs is 1. The third-order valence-corrected chi connectivity index (χ3v) is 2.43. The number of para-hydroxylation sites is 2. The molecule has 0 amide bonds. The van der Waals surface area contributed by atoms with Gasteiger partial charge in [0.25, 0.3) is 0 Å². The largest absolute Gasteiger partial charge is 0.392 e. The molecule has 1 aliphatic rings. The summed E-state index contributed by atoms with van der Waals surface area (Å²) in [5, 5.41) is 12.7. The van der Waals surface area contributed by atoms with E-state index in [2.05, 4.69) is 22.3 Å². The van der Waals surface area contributed by atoms with Gasteiger partial charge < -0.3 is 15.3 Å². The molecule has 0 spiro atoms. The fourth-order valence-electron chi connectivity index (χ4n) is 1.85. The van der Waals surface area contributed by atoms with Crippen molar-refractivity contribution in [1.29, 1.82) is 0 Å². The van der Waals surface area contributed by atoms with Gasteiger partial charge in [0.2, 0.25) is 0 Å². The first-order chi connectivity index (χ1) is 6.77. The molecular weight excluding hydrogens is 176 g/mol. The Kier molecular flexibility index (Phi) is 2.59. The van der Waals surface area contributed by atoms with Gasteiger partial charge in [0.05, 0.1) is 17.5 Å². The summed E-state index contributed by atoms with van der Waals surface area (Å²) in [5.74, 6) is 0. The Hall–Kier alpha value is -1.22. The van der Waals surface area contributed by atoms with Crippen molar-refractivity contribution in [1.82, 2.24) is 0 Å². The van der Waals surface area contributed by atoms with Crippen LogP contribution in [0.25, 0.3) is 0 Å². The van der Waals surface area contributed by atoms with Gasteiger partial charge in [-0.15, -0.1) is 0 Å². The van der Waals surface area contributed by atoms with E-state index >= 15 is 0 Å². The lowest BCUT2D eigenvalue weighted by Crippen LogP contribution is -2.38. The van der Waals surface area contributed by atoms with Gasteiger partial charge in [-0.25, -0.2) is 0 Å². The number of benzene rings is 1. The van der Waals surface area contributed by atoms with Gasteiger partial charge in [0, 0.05) is 19.6 Å². The van der Waals surface area contributed by atoms with E-state index < -0.39 is 0 Å². The molecule has 0 saturated carbocycles. The van der Waals surface area contributed by atoms with E-state index in [1.165, 1.54) is 11.4 Å². The number of aliphatic hydroxyl groups excluding tert-OH is 1. The summed E-state index contributed by atoms with van der Waals surface area (Å²) in [6.45, 7) is 4.44. The number of anilines is 2. The van der Waals surface area contributed by atoms with Crippen molar-refractivity contribution in [3.8, 4) is 0 Å². The number of aliphatic hydroxyl groups is 1. The zero-order chi connectivity index (χ0) is 9.97. The van der Waals surface area contributed by atoms with Crippen molar-refractivity contribution in [2.75, 3.05) is 29.9 Å². The van der Waals surface area contributed by atoms with Gasteiger partial charge in [0.15, 0.2) is 0 Å². The zero-order valence-electron chi connectivity index (χ0n) is 8.40. The maximum absolute atomic E-state index is 9.37. The first kappa shape index (κ1) is 9.34. The van der Waals surface area contributed by atoms with Gasteiger partial charge in [0.1, 0.15) is 0 Å². The Morgan fingerprint density at radius 2 is 2.29 bits per heavy atom. The van der Waals surface area contributed by atoms with Crippen molar-refractivity contribution >= 4 is 11.4 Å². The van der Waals surface area contributed by atoms with Gasteiger partial charge in [-0.1, -0.05) is 12.1 Å². The van der Waals surface area contributed by atoms with Crippen LogP contribution in [0.15, 0.2) is 24.3 Å². The van der Waals surface area contributed by atoms with Gasteiger partial charge in [-0.05, 0) is 19.1 Å². The van der Waals surface area contributed by atoms with Crippen LogP contribution < -0.4 is 10.2 Å². The average Bonchev–Trinajstić information content (AvgIpc) is 2.18. The SMILES string of the molecule is C[C@@H](O)CN1CCNc2ccccc21. The second-order valence-corrected chi connectivity index (χ2v) is 3.74.